The topological polar surface area (TPSA) is 65.4 Å². The van der Waals surface area contributed by atoms with Crippen LogP contribution in [0, 0.1) is 0 Å². The van der Waals surface area contributed by atoms with Crippen LogP contribution in [0.2, 0.25) is 0 Å². The highest BCUT2D eigenvalue weighted by Gasteiger charge is 2.35. The number of halogens is 3. The molecule has 1 amide bonds. The average Bonchev–Trinajstić information content (AvgIpc) is 3.01. The van der Waals surface area contributed by atoms with E-state index in [2.05, 4.69) is 9.98 Å². The number of nitrogens with one attached hydrogen (secondary N) is 1. The molecule has 2 N–H and O–H groups in total. The first-order valence-electron chi connectivity index (χ1n) is 7.01. The lowest BCUT2D eigenvalue weighted by Crippen LogP contribution is -2.22. The van der Waals surface area contributed by atoms with Crippen LogP contribution < -0.4 is 10.6 Å². The second-order valence-electron chi connectivity index (χ2n) is 5.38. The van der Waals surface area contributed by atoms with Gasteiger partial charge in [0.2, 0.25) is 0 Å². The summed E-state index contributed by atoms with van der Waals surface area (Å²) in [4.78, 5) is 18.5. The molecule has 0 aliphatic carbocycles. The first-order chi connectivity index (χ1) is 11.4. The molecule has 0 saturated carbocycles. The Balaban J connectivity index is 2.13. The van der Waals surface area contributed by atoms with Crippen molar-refractivity contribution in [2.75, 3.05) is 0 Å². The molecule has 0 saturated heterocycles. The van der Waals surface area contributed by atoms with E-state index in [1.165, 1.54) is 12.1 Å². The smallest absolute Gasteiger partial charge is 0.418 e. The number of nitrogens with zero attached hydrogens (tertiary/aromatic N) is 1. The van der Waals surface area contributed by atoms with Crippen LogP contribution in [0.1, 0.15) is 11.1 Å². The average molecular weight is 330 g/mol. The van der Waals surface area contributed by atoms with Gasteiger partial charge in [-0.15, -0.1) is 0 Å². The zero-order valence-corrected chi connectivity index (χ0v) is 12.0. The number of hydrogen-bond acceptors (Lipinski definition) is 2. The van der Waals surface area contributed by atoms with E-state index < -0.39 is 23.5 Å². The fraction of sp³-hybridized carbons (Fsp3) is 0.0588. The molecule has 1 aliphatic rings. The Labute approximate surface area is 132 Å². The zero-order chi connectivity index (χ0) is 17.1. The number of benzene rings is 2. The fourth-order valence-corrected chi connectivity index (χ4v) is 3.00. The highest BCUT2D eigenvalue weighted by atomic mass is 19.4. The Morgan fingerprint density at radius 1 is 1.04 bits per heavy atom. The van der Waals surface area contributed by atoms with Crippen molar-refractivity contribution in [2.24, 2.45) is 4.99 Å². The summed E-state index contributed by atoms with van der Waals surface area (Å²) in [5.74, 6) is -1.08. The second kappa shape index (κ2) is 4.70. The summed E-state index contributed by atoms with van der Waals surface area (Å²) in [6.45, 7) is 0. The van der Waals surface area contributed by atoms with Crippen molar-refractivity contribution in [2.45, 2.75) is 6.18 Å². The summed E-state index contributed by atoms with van der Waals surface area (Å²) in [7, 11) is 0. The van der Waals surface area contributed by atoms with Gasteiger partial charge in [0, 0.05) is 10.6 Å². The second-order valence-corrected chi connectivity index (χ2v) is 5.38. The molecule has 2 aromatic carbocycles. The third-order valence-electron chi connectivity index (χ3n) is 3.98. The summed E-state index contributed by atoms with van der Waals surface area (Å²) in [6.07, 6.45) is -4.58. The number of rotatable bonds is 1. The lowest BCUT2D eigenvalue weighted by atomic mass is 10.0. The molecule has 4 rings (SSSR count). The molecule has 4 nitrogen and oxygen atoms in total. The van der Waals surface area contributed by atoms with Gasteiger partial charge in [-0.2, -0.15) is 13.2 Å². The van der Waals surface area contributed by atoms with E-state index >= 15 is 0 Å². The molecule has 3 aromatic rings. The van der Waals surface area contributed by atoms with Gasteiger partial charge in [0.1, 0.15) is 0 Å². The number of aromatic amines is 1. The van der Waals surface area contributed by atoms with Gasteiger partial charge in [-0.3, -0.25) is 4.79 Å². The van der Waals surface area contributed by atoms with Crippen molar-refractivity contribution in [3.63, 3.8) is 0 Å². The van der Waals surface area contributed by atoms with Crippen LogP contribution in [-0.2, 0) is 11.0 Å². The number of carbonyl (C=O) groups is 1. The van der Waals surface area contributed by atoms with Gasteiger partial charge in [-0.1, -0.05) is 30.3 Å². The maximum atomic E-state index is 13.2. The molecule has 0 fully saturated rings. The van der Waals surface area contributed by atoms with Gasteiger partial charge in [0.05, 0.1) is 27.6 Å². The molecule has 0 atom stereocenters. The SMILES string of the molecule is O=C1N=c2ccccc2=C1c1c(O)[nH]c2c(C(F)(F)F)cccc12. The van der Waals surface area contributed by atoms with Crippen LogP contribution in [0.15, 0.2) is 47.5 Å². The third kappa shape index (κ3) is 1.94. The predicted octanol–water partition coefficient (Wildman–Crippen LogP) is 2.25. The lowest BCUT2D eigenvalue weighted by molar-refractivity contribution is -0.136. The molecular weight excluding hydrogens is 321 g/mol. The number of hydrogen-bond donors (Lipinski definition) is 2. The van der Waals surface area contributed by atoms with E-state index in [0.717, 1.165) is 6.07 Å². The largest absolute Gasteiger partial charge is 0.494 e. The Morgan fingerprint density at radius 2 is 1.79 bits per heavy atom. The molecule has 7 heteroatoms. The molecule has 0 unspecified atom stereocenters. The van der Waals surface area contributed by atoms with Gasteiger partial charge in [0.15, 0.2) is 5.88 Å². The monoisotopic (exact) mass is 330 g/mol. The summed E-state index contributed by atoms with van der Waals surface area (Å²) in [5, 5.41) is 11.2. The Morgan fingerprint density at radius 3 is 2.54 bits per heavy atom. The van der Waals surface area contributed by atoms with E-state index in [1.54, 1.807) is 24.3 Å². The van der Waals surface area contributed by atoms with Crippen LogP contribution >= 0.6 is 0 Å². The van der Waals surface area contributed by atoms with E-state index in [1.807, 2.05) is 0 Å². The van der Waals surface area contributed by atoms with Crippen molar-refractivity contribution in [1.29, 1.82) is 0 Å². The summed E-state index contributed by atoms with van der Waals surface area (Å²) in [5.41, 5.74) is -1.04. The van der Waals surface area contributed by atoms with Crippen LogP contribution in [0.4, 0.5) is 13.2 Å². The first kappa shape index (κ1) is 14.5. The van der Waals surface area contributed by atoms with Gasteiger partial charge < -0.3 is 10.1 Å². The van der Waals surface area contributed by atoms with Crippen molar-refractivity contribution in [3.8, 4) is 5.88 Å². The normalized spacial score (nSPS) is 14.1. The van der Waals surface area contributed by atoms with Gasteiger partial charge >= 0.3 is 6.18 Å². The van der Waals surface area contributed by atoms with Gasteiger partial charge in [-0.25, -0.2) is 4.99 Å². The van der Waals surface area contributed by atoms with E-state index in [-0.39, 0.29) is 22.0 Å². The molecule has 0 spiro atoms. The number of alkyl halides is 3. The number of H-pyrrole nitrogens is 1. The lowest BCUT2D eigenvalue weighted by Gasteiger charge is -2.07. The maximum absolute atomic E-state index is 13.2. The van der Waals surface area contributed by atoms with Crippen LogP contribution in [0.3, 0.4) is 0 Å². The van der Waals surface area contributed by atoms with Crippen LogP contribution in [0.25, 0.3) is 16.5 Å². The minimum Gasteiger partial charge on any atom is -0.494 e. The van der Waals surface area contributed by atoms with Crippen molar-refractivity contribution in [3.05, 3.63) is 64.2 Å². The third-order valence-corrected chi connectivity index (χ3v) is 3.98. The van der Waals surface area contributed by atoms with Crippen molar-refractivity contribution < 1.29 is 23.1 Å². The number of aromatic nitrogens is 1. The number of amides is 1. The number of fused-ring (bicyclic) bond motifs is 2. The maximum Gasteiger partial charge on any atom is 0.418 e. The quantitative estimate of drug-likeness (QED) is 0.719. The van der Waals surface area contributed by atoms with Crippen molar-refractivity contribution in [1.82, 2.24) is 4.98 Å². The van der Waals surface area contributed by atoms with Crippen LogP contribution in [0.5, 0.6) is 5.88 Å². The molecule has 0 radical (unpaired) electrons. The van der Waals surface area contributed by atoms with Crippen LogP contribution in [-0.4, -0.2) is 16.0 Å². The Kier molecular flexibility index (Phi) is 2.84. The minimum atomic E-state index is -4.58. The Hall–Kier alpha value is -3.09. The summed E-state index contributed by atoms with van der Waals surface area (Å²) in [6, 6.07) is 10.3. The summed E-state index contributed by atoms with van der Waals surface area (Å²) >= 11 is 0. The molecule has 1 aliphatic heterocycles. The minimum absolute atomic E-state index is 0.0369. The standard InChI is InChI=1S/C17H9F3N2O2/c18-17(19,20)10-6-3-5-9-13(16(24)22-14(9)10)12-8-4-1-2-7-11(8)21-15(12)23/h1-7,22,24H. The Bertz CT molecular complexity index is 1130. The van der Waals surface area contributed by atoms with Gasteiger partial charge in [0.25, 0.3) is 5.91 Å². The van der Waals surface area contributed by atoms with Gasteiger partial charge in [-0.05, 0) is 12.1 Å². The van der Waals surface area contributed by atoms with E-state index in [4.69, 9.17) is 0 Å². The fourth-order valence-electron chi connectivity index (χ4n) is 3.00. The highest BCUT2D eigenvalue weighted by molar-refractivity contribution is 6.25. The summed E-state index contributed by atoms with van der Waals surface area (Å²) < 4.78 is 39.5. The van der Waals surface area contributed by atoms with E-state index in [9.17, 15) is 23.1 Å². The predicted molar refractivity (Wildman–Crippen MR) is 79.7 cm³/mol. The number of carbonyl (C=O) groups excluding carboxylic acids is 1. The van der Waals surface area contributed by atoms with E-state index in [0.29, 0.717) is 10.6 Å². The van der Waals surface area contributed by atoms with Crippen molar-refractivity contribution >= 4 is 22.4 Å². The number of para-hydroxylation sites is 2. The molecule has 1 aromatic heterocycles. The number of aromatic hydroxyl groups is 1. The molecule has 120 valence electrons. The molecule has 0 bridgehead atoms. The molecule has 24 heavy (non-hydrogen) atoms. The molecule has 2 heterocycles. The highest BCUT2D eigenvalue weighted by Crippen LogP contribution is 2.40. The molecular formula is C17H9F3N2O2. The zero-order valence-electron chi connectivity index (χ0n) is 12.0. The first-order valence-corrected chi connectivity index (χ1v) is 7.01.